The van der Waals surface area contributed by atoms with E-state index in [9.17, 15) is 0 Å². The molecule has 0 nitrogen and oxygen atoms in total. The second kappa shape index (κ2) is 4.58. The summed E-state index contributed by atoms with van der Waals surface area (Å²) in [5.41, 5.74) is 4.17. The summed E-state index contributed by atoms with van der Waals surface area (Å²) in [6.45, 7) is 0. The van der Waals surface area contributed by atoms with Gasteiger partial charge < -0.3 is 0 Å². The largest absolute Gasteiger partial charge is 0.0622 e. The molecule has 0 aromatic heterocycles. The summed E-state index contributed by atoms with van der Waals surface area (Å²) in [4.78, 5) is 0. The van der Waals surface area contributed by atoms with Crippen LogP contribution in [-0.4, -0.2) is 0 Å². The predicted octanol–water partition coefficient (Wildman–Crippen LogP) is 4.64. The van der Waals surface area contributed by atoms with E-state index in [-0.39, 0.29) is 0 Å². The summed E-state index contributed by atoms with van der Waals surface area (Å²) < 4.78 is 0. The molecule has 0 atom stereocenters. The lowest BCUT2D eigenvalue weighted by molar-refractivity contribution is 1.15. The monoisotopic (exact) mass is 220 g/mol. The minimum Gasteiger partial charge on any atom is -0.0622 e. The summed E-state index contributed by atoms with van der Waals surface area (Å²) in [6.07, 6.45) is 5.02. The van der Waals surface area contributed by atoms with Crippen LogP contribution in [0.1, 0.15) is 24.0 Å². The van der Waals surface area contributed by atoms with E-state index in [1.807, 2.05) is 0 Å². The van der Waals surface area contributed by atoms with Gasteiger partial charge in [0.25, 0.3) is 0 Å². The molecule has 0 spiro atoms. The minimum atomic E-state index is 0.776. The highest BCUT2D eigenvalue weighted by molar-refractivity contribution is 5.83. The summed E-state index contributed by atoms with van der Waals surface area (Å²) in [6, 6.07) is 21.4. The molecule has 0 radical (unpaired) electrons. The second-order valence-electron chi connectivity index (χ2n) is 4.65. The minimum absolute atomic E-state index is 0.776. The predicted molar refractivity (Wildman–Crippen MR) is 73.5 cm³/mol. The van der Waals surface area contributed by atoms with Crippen LogP contribution in [0.2, 0.25) is 0 Å². The number of hydrogen-bond donors (Lipinski definition) is 0. The van der Waals surface area contributed by atoms with Crippen molar-refractivity contribution in [2.75, 3.05) is 0 Å². The first kappa shape index (κ1) is 10.3. The zero-order valence-electron chi connectivity index (χ0n) is 9.84. The third kappa shape index (κ3) is 2.47. The lowest BCUT2D eigenvalue weighted by Gasteiger charge is -2.06. The van der Waals surface area contributed by atoms with Crippen molar-refractivity contribution in [1.82, 2.24) is 0 Å². The molecule has 2 aromatic rings. The van der Waals surface area contributed by atoms with Gasteiger partial charge in [-0.25, -0.2) is 0 Å². The number of benzene rings is 2. The molecule has 0 unspecified atom stereocenters. The Morgan fingerprint density at radius 3 is 2.00 bits per heavy atom. The summed E-state index contributed by atoms with van der Waals surface area (Å²) in [5.74, 6) is 0.776. The van der Waals surface area contributed by atoms with Gasteiger partial charge in [0.1, 0.15) is 0 Å². The van der Waals surface area contributed by atoms with Crippen molar-refractivity contribution < 1.29 is 0 Å². The highest BCUT2D eigenvalue weighted by Crippen LogP contribution is 2.42. The summed E-state index contributed by atoms with van der Waals surface area (Å²) >= 11 is 0. The van der Waals surface area contributed by atoms with Crippen molar-refractivity contribution in [3.05, 3.63) is 71.8 Å². The first-order valence-corrected chi connectivity index (χ1v) is 6.25. The fraction of sp³-hybridized carbons (Fsp3) is 0.176. The standard InChI is InChI=1S/C17H16/c1-3-7-14(8-4-1)13-17(16-11-12-16)15-9-5-2-6-10-15/h1-10,13,16H,11-12H2. The molecule has 0 heteroatoms. The zero-order chi connectivity index (χ0) is 11.5. The zero-order valence-corrected chi connectivity index (χ0v) is 9.84. The van der Waals surface area contributed by atoms with Gasteiger partial charge in [0.05, 0.1) is 0 Å². The van der Waals surface area contributed by atoms with Gasteiger partial charge in [-0.05, 0) is 35.5 Å². The van der Waals surface area contributed by atoms with Crippen molar-refractivity contribution in [2.45, 2.75) is 12.8 Å². The molecule has 2 aromatic carbocycles. The Bertz CT molecular complexity index is 504. The highest BCUT2D eigenvalue weighted by atomic mass is 14.3. The summed E-state index contributed by atoms with van der Waals surface area (Å²) in [5, 5.41) is 0. The molecule has 0 N–H and O–H groups in total. The van der Waals surface area contributed by atoms with Crippen LogP contribution >= 0.6 is 0 Å². The Morgan fingerprint density at radius 1 is 0.824 bits per heavy atom. The molecule has 0 saturated heterocycles. The first-order chi connectivity index (χ1) is 8.43. The van der Waals surface area contributed by atoms with Crippen LogP contribution < -0.4 is 0 Å². The van der Waals surface area contributed by atoms with E-state index in [0.29, 0.717) is 0 Å². The molecule has 0 heterocycles. The topological polar surface area (TPSA) is 0 Å². The van der Waals surface area contributed by atoms with Gasteiger partial charge >= 0.3 is 0 Å². The van der Waals surface area contributed by atoms with Crippen LogP contribution in [0.15, 0.2) is 60.7 Å². The average molecular weight is 220 g/mol. The van der Waals surface area contributed by atoms with Gasteiger partial charge in [0, 0.05) is 0 Å². The SMILES string of the molecule is C(=C(c1ccccc1)C1CC1)c1ccccc1. The van der Waals surface area contributed by atoms with E-state index in [1.165, 1.54) is 29.5 Å². The van der Waals surface area contributed by atoms with Gasteiger partial charge in [-0.3, -0.25) is 0 Å². The molecule has 1 aliphatic rings. The van der Waals surface area contributed by atoms with Crippen LogP contribution in [0.5, 0.6) is 0 Å². The molecule has 84 valence electrons. The lowest BCUT2D eigenvalue weighted by Crippen LogP contribution is -1.86. The fourth-order valence-electron chi connectivity index (χ4n) is 2.19. The van der Waals surface area contributed by atoms with E-state index in [4.69, 9.17) is 0 Å². The van der Waals surface area contributed by atoms with E-state index >= 15 is 0 Å². The molecular weight excluding hydrogens is 204 g/mol. The third-order valence-corrected chi connectivity index (χ3v) is 3.25. The highest BCUT2D eigenvalue weighted by Gasteiger charge is 2.26. The van der Waals surface area contributed by atoms with Gasteiger partial charge in [-0.1, -0.05) is 66.7 Å². The Labute approximate surface area is 103 Å². The first-order valence-electron chi connectivity index (χ1n) is 6.25. The van der Waals surface area contributed by atoms with Crippen molar-refractivity contribution in [3.63, 3.8) is 0 Å². The normalized spacial score (nSPS) is 15.9. The Hall–Kier alpha value is -1.82. The van der Waals surface area contributed by atoms with E-state index in [1.54, 1.807) is 0 Å². The van der Waals surface area contributed by atoms with Crippen molar-refractivity contribution in [1.29, 1.82) is 0 Å². The van der Waals surface area contributed by atoms with Crippen LogP contribution in [0.3, 0.4) is 0 Å². The lowest BCUT2D eigenvalue weighted by atomic mass is 9.99. The Morgan fingerprint density at radius 2 is 1.41 bits per heavy atom. The Kier molecular flexibility index (Phi) is 2.79. The molecule has 1 aliphatic carbocycles. The van der Waals surface area contributed by atoms with Crippen molar-refractivity contribution >= 4 is 11.6 Å². The molecule has 0 amide bonds. The smallest absolute Gasteiger partial charge is 0.0155 e. The van der Waals surface area contributed by atoms with Crippen LogP contribution in [0.25, 0.3) is 11.6 Å². The maximum Gasteiger partial charge on any atom is -0.0155 e. The van der Waals surface area contributed by atoms with Gasteiger partial charge in [-0.15, -0.1) is 0 Å². The second-order valence-corrected chi connectivity index (χ2v) is 4.65. The van der Waals surface area contributed by atoms with Crippen LogP contribution in [-0.2, 0) is 0 Å². The average Bonchev–Trinajstić information content (AvgIpc) is 3.23. The number of rotatable bonds is 3. The van der Waals surface area contributed by atoms with Crippen LogP contribution in [0, 0.1) is 5.92 Å². The molecule has 3 rings (SSSR count). The quantitative estimate of drug-likeness (QED) is 0.661. The van der Waals surface area contributed by atoms with Crippen molar-refractivity contribution in [2.24, 2.45) is 5.92 Å². The van der Waals surface area contributed by atoms with E-state index < -0.39 is 0 Å². The molecule has 1 saturated carbocycles. The Balaban J connectivity index is 1.99. The third-order valence-electron chi connectivity index (χ3n) is 3.25. The van der Waals surface area contributed by atoms with Gasteiger partial charge in [0.2, 0.25) is 0 Å². The maximum absolute atomic E-state index is 2.34. The maximum atomic E-state index is 2.34. The van der Waals surface area contributed by atoms with Gasteiger partial charge in [0.15, 0.2) is 0 Å². The molecule has 0 aliphatic heterocycles. The number of allylic oxidation sites excluding steroid dienone is 1. The molecule has 0 bridgehead atoms. The van der Waals surface area contributed by atoms with E-state index in [0.717, 1.165) is 5.92 Å². The van der Waals surface area contributed by atoms with Crippen LogP contribution in [0.4, 0.5) is 0 Å². The van der Waals surface area contributed by atoms with Gasteiger partial charge in [-0.2, -0.15) is 0 Å². The number of hydrogen-bond acceptors (Lipinski definition) is 0. The molecular formula is C17H16. The van der Waals surface area contributed by atoms with E-state index in [2.05, 4.69) is 66.7 Å². The molecule has 1 fully saturated rings. The fourth-order valence-corrected chi connectivity index (χ4v) is 2.19. The summed E-state index contributed by atoms with van der Waals surface area (Å²) in [7, 11) is 0. The van der Waals surface area contributed by atoms with Crippen molar-refractivity contribution in [3.8, 4) is 0 Å². The molecule has 17 heavy (non-hydrogen) atoms.